The first-order chi connectivity index (χ1) is 6.38. The molecule has 0 atom stereocenters. The smallest absolute Gasteiger partial charge is 0.147 e. The Hall–Kier alpha value is -1.38. The van der Waals surface area contributed by atoms with E-state index in [1.165, 1.54) is 12.8 Å². The average molecular weight is 174 g/mol. The van der Waals surface area contributed by atoms with E-state index in [1.54, 1.807) is 12.3 Å². The van der Waals surface area contributed by atoms with Crippen LogP contribution < -0.4 is 0 Å². The monoisotopic (exact) mass is 174 g/mol. The highest BCUT2D eigenvalue weighted by molar-refractivity contribution is 5.94. The number of amidine groups is 1. The molecule has 0 aliphatic carbocycles. The summed E-state index contributed by atoms with van der Waals surface area (Å²) in [5.74, 6) is 0.548. The number of hydrogen-bond donors (Lipinski definition) is 1. The molecule has 0 spiro atoms. The van der Waals surface area contributed by atoms with Crippen molar-refractivity contribution in [3.05, 3.63) is 30.1 Å². The molecule has 0 aromatic carbocycles. The van der Waals surface area contributed by atoms with Gasteiger partial charge in [0.2, 0.25) is 0 Å². The van der Waals surface area contributed by atoms with Crippen molar-refractivity contribution in [2.75, 3.05) is 13.1 Å². The van der Waals surface area contributed by atoms with Crippen LogP contribution in [0.2, 0.25) is 0 Å². The van der Waals surface area contributed by atoms with E-state index in [0.717, 1.165) is 18.8 Å². The van der Waals surface area contributed by atoms with Gasteiger partial charge in [0.15, 0.2) is 0 Å². The number of likely N-dealkylation sites (tertiary alicyclic amines) is 1. The number of nitrogens with zero attached hydrogens (tertiary/aromatic N) is 2. The lowest BCUT2D eigenvalue weighted by Crippen LogP contribution is -2.28. The van der Waals surface area contributed by atoms with Crippen LogP contribution in [0, 0.1) is 11.5 Å². The number of nitrogens with one attached hydrogen (secondary N) is 1. The molecule has 1 N–H and O–H groups in total. The molecule has 1 radical (unpaired) electrons. The molecule has 1 aromatic heterocycles. The van der Waals surface area contributed by atoms with Gasteiger partial charge in [-0.3, -0.25) is 10.4 Å². The Kier molecular flexibility index (Phi) is 2.25. The Bertz CT molecular complexity index is 288. The number of rotatable bonds is 1. The van der Waals surface area contributed by atoms with Gasteiger partial charge in [0.05, 0.1) is 0 Å². The Labute approximate surface area is 77.9 Å². The van der Waals surface area contributed by atoms with Crippen molar-refractivity contribution in [3.8, 4) is 0 Å². The molecule has 0 saturated carbocycles. The van der Waals surface area contributed by atoms with Gasteiger partial charge in [-0.15, -0.1) is 0 Å². The third-order valence-electron chi connectivity index (χ3n) is 2.28. The highest BCUT2D eigenvalue weighted by atomic mass is 15.2. The van der Waals surface area contributed by atoms with Crippen LogP contribution in [0.5, 0.6) is 0 Å². The third kappa shape index (κ3) is 1.69. The lowest BCUT2D eigenvalue weighted by atomic mass is 10.3. The zero-order valence-corrected chi connectivity index (χ0v) is 7.45. The topological polar surface area (TPSA) is 40.0 Å². The van der Waals surface area contributed by atoms with Crippen molar-refractivity contribution in [1.82, 2.24) is 9.88 Å². The van der Waals surface area contributed by atoms with Crippen LogP contribution >= 0.6 is 0 Å². The first kappa shape index (κ1) is 8.23. The fourth-order valence-corrected chi connectivity index (χ4v) is 1.56. The number of pyridine rings is 1. The van der Waals surface area contributed by atoms with Gasteiger partial charge >= 0.3 is 0 Å². The molecular weight excluding hydrogens is 162 g/mol. The van der Waals surface area contributed by atoms with E-state index in [4.69, 9.17) is 5.41 Å². The second kappa shape index (κ2) is 3.56. The summed E-state index contributed by atoms with van der Waals surface area (Å²) in [6.07, 6.45) is 4.00. The van der Waals surface area contributed by atoms with E-state index in [2.05, 4.69) is 16.0 Å². The standard InChI is InChI=1S/C10H12N3/c11-10(13-7-3-4-8-13)9-5-1-2-6-12-9/h1,5-6,11H,3-4,7-8H2. The Morgan fingerprint density at radius 3 is 2.85 bits per heavy atom. The maximum atomic E-state index is 7.88. The molecule has 2 rings (SSSR count). The van der Waals surface area contributed by atoms with Crippen molar-refractivity contribution in [1.29, 1.82) is 5.41 Å². The minimum atomic E-state index is 0.548. The summed E-state index contributed by atoms with van der Waals surface area (Å²) in [5, 5.41) is 7.88. The molecule has 1 aromatic rings. The number of hydrogen-bond acceptors (Lipinski definition) is 2. The van der Waals surface area contributed by atoms with Crippen molar-refractivity contribution in [2.45, 2.75) is 12.8 Å². The van der Waals surface area contributed by atoms with E-state index in [1.807, 2.05) is 6.07 Å². The summed E-state index contributed by atoms with van der Waals surface area (Å²) >= 11 is 0. The minimum Gasteiger partial charge on any atom is -0.355 e. The second-order valence-electron chi connectivity index (χ2n) is 3.19. The number of aromatic nitrogens is 1. The normalized spacial score (nSPS) is 16.2. The summed E-state index contributed by atoms with van der Waals surface area (Å²) < 4.78 is 0. The summed E-state index contributed by atoms with van der Waals surface area (Å²) in [6.45, 7) is 2.00. The van der Waals surface area contributed by atoms with E-state index in [-0.39, 0.29) is 0 Å². The van der Waals surface area contributed by atoms with E-state index in [9.17, 15) is 0 Å². The minimum absolute atomic E-state index is 0.548. The fraction of sp³-hybridized carbons (Fsp3) is 0.400. The molecule has 3 heteroatoms. The van der Waals surface area contributed by atoms with Gasteiger partial charge < -0.3 is 4.90 Å². The Balaban J connectivity index is 2.13. The second-order valence-corrected chi connectivity index (χ2v) is 3.19. The zero-order chi connectivity index (χ0) is 9.10. The van der Waals surface area contributed by atoms with Crippen LogP contribution in [0.1, 0.15) is 18.5 Å². The molecule has 0 unspecified atom stereocenters. The highest BCUT2D eigenvalue weighted by Crippen LogP contribution is 2.10. The maximum Gasteiger partial charge on any atom is 0.147 e. The molecular formula is C10H12N3. The predicted molar refractivity (Wildman–Crippen MR) is 50.7 cm³/mol. The van der Waals surface area contributed by atoms with Crippen molar-refractivity contribution >= 4 is 5.84 Å². The average Bonchev–Trinajstić information content (AvgIpc) is 2.71. The zero-order valence-electron chi connectivity index (χ0n) is 7.45. The van der Waals surface area contributed by atoms with Crippen LogP contribution in [0.3, 0.4) is 0 Å². The molecule has 1 fully saturated rings. The van der Waals surface area contributed by atoms with Gasteiger partial charge in [-0.25, -0.2) is 0 Å². The molecule has 0 amide bonds. The molecule has 1 aliphatic heterocycles. The quantitative estimate of drug-likeness (QED) is 0.515. The van der Waals surface area contributed by atoms with E-state index >= 15 is 0 Å². The van der Waals surface area contributed by atoms with Crippen LogP contribution in [-0.2, 0) is 0 Å². The molecule has 67 valence electrons. The van der Waals surface area contributed by atoms with Crippen LogP contribution in [0.15, 0.2) is 18.3 Å². The molecule has 1 saturated heterocycles. The Morgan fingerprint density at radius 1 is 1.46 bits per heavy atom. The van der Waals surface area contributed by atoms with Crippen LogP contribution in [0.4, 0.5) is 0 Å². The summed E-state index contributed by atoms with van der Waals surface area (Å²) in [6, 6.07) is 6.48. The van der Waals surface area contributed by atoms with Gasteiger partial charge in [0.1, 0.15) is 11.5 Å². The maximum absolute atomic E-state index is 7.88. The van der Waals surface area contributed by atoms with Gasteiger partial charge in [-0.1, -0.05) is 6.07 Å². The molecule has 1 aliphatic rings. The van der Waals surface area contributed by atoms with E-state index < -0.39 is 0 Å². The predicted octanol–water partition coefficient (Wildman–Crippen LogP) is 1.30. The van der Waals surface area contributed by atoms with Crippen molar-refractivity contribution < 1.29 is 0 Å². The lowest BCUT2D eigenvalue weighted by Gasteiger charge is -2.17. The summed E-state index contributed by atoms with van der Waals surface area (Å²) in [5.41, 5.74) is 0.751. The van der Waals surface area contributed by atoms with Crippen LogP contribution in [0.25, 0.3) is 0 Å². The van der Waals surface area contributed by atoms with Gasteiger partial charge in [-0.2, -0.15) is 0 Å². The van der Waals surface area contributed by atoms with Crippen molar-refractivity contribution in [2.24, 2.45) is 0 Å². The highest BCUT2D eigenvalue weighted by Gasteiger charge is 2.16. The van der Waals surface area contributed by atoms with Gasteiger partial charge in [0, 0.05) is 25.4 Å². The summed E-state index contributed by atoms with van der Waals surface area (Å²) in [4.78, 5) is 6.17. The van der Waals surface area contributed by atoms with Gasteiger partial charge in [-0.05, 0) is 18.9 Å². The van der Waals surface area contributed by atoms with Crippen LogP contribution in [-0.4, -0.2) is 28.8 Å². The first-order valence-corrected chi connectivity index (χ1v) is 4.54. The largest absolute Gasteiger partial charge is 0.355 e. The van der Waals surface area contributed by atoms with E-state index in [0.29, 0.717) is 5.84 Å². The lowest BCUT2D eigenvalue weighted by molar-refractivity contribution is 0.515. The summed E-state index contributed by atoms with van der Waals surface area (Å²) in [7, 11) is 0. The Morgan fingerprint density at radius 2 is 2.23 bits per heavy atom. The molecule has 13 heavy (non-hydrogen) atoms. The SMILES string of the molecule is N=C(c1cc[c]cn1)N1CCCC1. The molecule has 3 nitrogen and oxygen atoms in total. The molecule has 0 bridgehead atoms. The van der Waals surface area contributed by atoms with Crippen molar-refractivity contribution in [3.63, 3.8) is 0 Å². The first-order valence-electron chi connectivity index (χ1n) is 4.54. The van der Waals surface area contributed by atoms with Gasteiger partial charge in [0.25, 0.3) is 0 Å². The third-order valence-corrected chi connectivity index (χ3v) is 2.28. The fourth-order valence-electron chi connectivity index (χ4n) is 1.56. The molecule has 2 heterocycles.